The van der Waals surface area contributed by atoms with Gasteiger partial charge in [-0.1, -0.05) is 11.6 Å². The van der Waals surface area contributed by atoms with Crippen LogP contribution in [0.4, 0.5) is 5.69 Å². The van der Waals surface area contributed by atoms with E-state index in [0.717, 1.165) is 17.8 Å². The lowest BCUT2D eigenvalue weighted by atomic mass is 10.1. The average molecular weight is 289 g/mol. The van der Waals surface area contributed by atoms with Crippen LogP contribution in [0.1, 0.15) is 5.56 Å². The highest BCUT2D eigenvalue weighted by molar-refractivity contribution is 7.91. The Morgan fingerprint density at radius 1 is 1.33 bits per heavy atom. The topological polar surface area (TPSA) is 49.4 Å². The monoisotopic (exact) mass is 288 g/mol. The Labute approximate surface area is 113 Å². The zero-order chi connectivity index (χ0) is 13.2. The van der Waals surface area contributed by atoms with Crippen LogP contribution in [-0.4, -0.2) is 40.1 Å². The number of anilines is 1. The molecule has 0 bridgehead atoms. The van der Waals surface area contributed by atoms with Gasteiger partial charge in [-0.3, -0.25) is 0 Å². The first-order chi connectivity index (χ1) is 8.52. The number of hydrogen-bond donors (Lipinski definition) is 1. The Balaban J connectivity index is 2.23. The van der Waals surface area contributed by atoms with Crippen LogP contribution in [0.25, 0.3) is 0 Å². The minimum absolute atomic E-state index is 0.231. The smallest absolute Gasteiger partial charge is 0.153 e. The molecule has 1 aromatic carbocycles. The summed E-state index contributed by atoms with van der Waals surface area (Å²) in [6, 6.07) is 5.74. The first-order valence-corrected chi connectivity index (χ1v) is 8.10. The molecular weight excluding hydrogens is 272 g/mol. The van der Waals surface area contributed by atoms with Crippen molar-refractivity contribution in [1.29, 1.82) is 0 Å². The Morgan fingerprint density at radius 3 is 2.61 bits per heavy atom. The molecule has 0 spiro atoms. The lowest BCUT2D eigenvalue weighted by molar-refractivity contribution is 0.586. The summed E-state index contributed by atoms with van der Waals surface area (Å²) >= 11 is 5.99. The predicted molar refractivity (Wildman–Crippen MR) is 75.1 cm³/mol. The van der Waals surface area contributed by atoms with E-state index in [0.29, 0.717) is 18.1 Å². The molecule has 4 nitrogen and oxygen atoms in total. The van der Waals surface area contributed by atoms with Gasteiger partial charge in [0.15, 0.2) is 9.84 Å². The molecule has 0 atom stereocenters. The normalized spacial score (nSPS) is 18.9. The van der Waals surface area contributed by atoms with Gasteiger partial charge in [-0.2, -0.15) is 0 Å². The van der Waals surface area contributed by atoms with Crippen LogP contribution in [0.15, 0.2) is 18.2 Å². The second kappa shape index (κ2) is 5.47. The molecule has 1 heterocycles. The van der Waals surface area contributed by atoms with Crippen molar-refractivity contribution in [2.24, 2.45) is 0 Å². The molecule has 18 heavy (non-hydrogen) atoms. The maximum Gasteiger partial charge on any atom is 0.153 e. The highest BCUT2D eigenvalue weighted by Crippen LogP contribution is 2.25. The number of sulfone groups is 1. The largest absolute Gasteiger partial charge is 0.369 e. The van der Waals surface area contributed by atoms with Gasteiger partial charge in [0, 0.05) is 30.3 Å². The van der Waals surface area contributed by atoms with E-state index < -0.39 is 9.84 Å². The first-order valence-electron chi connectivity index (χ1n) is 5.90. The van der Waals surface area contributed by atoms with Crippen LogP contribution >= 0.6 is 11.6 Å². The number of hydrogen-bond acceptors (Lipinski definition) is 4. The molecule has 1 aliphatic rings. The van der Waals surface area contributed by atoms with Gasteiger partial charge in [0.05, 0.1) is 11.5 Å². The zero-order valence-electron chi connectivity index (χ0n) is 10.3. The minimum Gasteiger partial charge on any atom is -0.369 e. The lowest BCUT2D eigenvalue weighted by Gasteiger charge is -2.30. The summed E-state index contributed by atoms with van der Waals surface area (Å²) in [5, 5.41) is 3.81. The van der Waals surface area contributed by atoms with E-state index in [1.165, 1.54) is 0 Å². The summed E-state index contributed by atoms with van der Waals surface area (Å²) in [6.45, 7) is 1.83. The molecule has 0 aromatic heterocycles. The van der Waals surface area contributed by atoms with Gasteiger partial charge in [-0.05, 0) is 30.8 Å². The molecule has 1 aromatic rings. The molecule has 6 heteroatoms. The highest BCUT2D eigenvalue weighted by Gasteiger charge is 2.23. The lowest BCUT2D eigenvalue weighted by Crippen LogP contribution is -2.40. The Hall–Kier alpha value is -0.780. The van der Waals surface area contributed by atoms with Crippen molar-refractivity contribution in [1.82, 2.24) is 5.32 Å². The Bertz CT molecular complexity index is 517. The van der Waals surface area contributed by atoms with Gasteiger partial charge < -0.3 is 10.2 Å². The first kappa shape index (κ1) is 13.6. The molecule has 0 saturated carbocycles. The summed E-state index contributed by atoms with van der Waals surface area (Å²) in [5.41, 5.74) is 2.17. The van der Waals surface area contributed by atoms with Crippen molar-refractivity contribution < 1.29 is 8.42 Å². The fourth-order valence-electron chi connectivity index (χ4n) is 2.15. The number of rotatable bonds is 3. The fourth-order valence-corrected chi connectivity index (χ4v) is 3.54. The molecule has 1 saturated heterocycles. The number of halogens is 1. The van der Waals surface area contributed by atoms with E-state index >= 15 is 0 Å². The molecule has 1 fully saturated rings. The van der Waals surface area contributed by atoms with Crippen molar-refractivity contribution in [3.05, 3.63) is 28.8 Å². The van der Waals surface area contributed by atoms with E-state index in [9.17, 15) is 8.42 Å². The molecule has 1 aliphatic heterocycles. The maximum absolute atomic E-state index is 11.4. The van der Waals surface area contributed by atoms with Gasteiger partial charge in [0.2, 0.25) is 0 Å². The van der Waals surface area contributed by atoms with Crippen LogP contribution in [0, 0.1) is 0 Å². The summed E-state index contributed by atoms with van der Waals surface area (Å²) < 4.78 is 22.9. The van der Waals surface area contributed by atoms with Crippen LogP contribution in [-0.2, 0) is 16.4 Å². The zero-order valence-corrected chi connectivity index (χ0v) is 11.9. The van der Waals surface area contributed by atoms with Gasteiger partial charge in [-0.25, -0.2) is 8.42 Å². The van der Waals surface area contributed by atoms with Crippen molar-refractivity contribution in [3.63, 3.8) is 0 Å². The molecule has 100 valence electrons. The molecule has 0 unspecified atom stereocenters. The van der Waals surface area contributed by atoms with Crippen LogP contribution in [0.3, 0.4) is 0 Å². The van der Waals surface area contributed by atoms with E-state index in [4.69, 9.17) is 11.6 Å². The third kappa shape index (κ3) is 3.16. The van der Waals surface area contributed by atoms with Crippen LogP contribution in [0.2, 0.25) is 5.02 Å². The van der Waals surface area contributed by atoms with Gasteiger partial charge in [0.1, 0.15) is 0 Å². The van der Waals surface area contributed by atoms with Crippen molar-refractivity contribution in [2.45, 2.75) is 6.54 Å². The molecule has 2 rings (SSSR count). The Morgan fingerprint density at radius 2 is 2.00 bits per heavy atom. The van der Waals surface area contributed by atoms with Crippen molar-refractivity contribution in [3.8, 4) is 0 Å². The second-order valence-electron chi connectivity index (χ2n) is 4.44. The van der Waals surface area contributed by atoms with Crippen molar-refractivity contribution in [2.75, 3.05) is 36.5 Å². The predicted octanol–water partition coefficient (Wildman–Crippen LogP) is 1.29. The molecule has 1 N–H and O–H groups in total. The van der Waals surface area contributed by atoms with Crippen LogP contribution < -0.4 is 10.2 Å². The summed E-state index contributed by atoms with van der Waals surface area (Å²) in [6.07, 6.45) is 0. The van der Waals surface area contributed by atoms with Gasteiger partial charge >= 0.3 is 0 Å². The third-order valence-electron chi connectivity index (χ3n) is 3.09. The quantitative estimate of drug-likeness (QED) is 0.911. The summed E-state index contributed by atoms with van der Waals surface area (Å²) in [5.74, 6) is 0.462. The fraction of sp³-hybridized carbons (Fsp3) is 0.500. The number of benzene rings is 1. The average Bonchev–Trinajstić information content (AvgIpc) is 2.31. The van der Waals surface area contributed by atoms with E-state index in [-0.39, 0.29) is 11.5 Å². The summed E-state index contributed by atoms with van der Waals surface area (Å²) in [7, 11) is -0.960. The van der Waals surface area contributed by atoms with Gasteiger partial charge in [-0.15, -0.1) is 0 Å². The van der Waals surface area contributed by atoms with Crippen molar-refractivity contribution >= 4 is 27.1 Å². The minimum atomic E-state index is -2.84. The highest BCUT2D eigenvalue weighted by atomic mass is 35.5. The molecule has 0 amide bonds. The molecular formula is C12H17ClN2O2S. The maximum atomic E-state index is 11.4. The van der Waals surface area contributed by atoms with Crippen LogP contribution in [0.5, 0.6) is 0 Å². The summed E-state index contributed by atoms with van der Waals surface area (Å²) in [4.78, 5) is 2.12. The standard InChI is InChI=1S/C12H17ClN2O2S/c1-14-9-10-8-11(13)2-3-12(10)15-4-6-18(16,17)7-5-15/h2-3,8,14H,4-7,9H2,1H3. The van der Waals surface area contributed by atoms with E-state index in [1.807, 2.05) is 25.2 Å². The molecule has 0 radical (unpaired) electrons. The number of nitrogens with one attached hydrogen (secondary N) is 1. The van der Waals surface area contributed by atoms with Gasteiger partial charge in [0.25, 0.3) is 0 Å². The van der Waals surface area contributed by atoms with E-state index in [2.05, 4.69) is 10.2 Å². The molecule has 0 aliphatic carbocycles. The third-order valence-corrected chi connectivity index (χ3v) is 4.94. The second-order valence-corrected chi connectivity index (χ2v) is 7.18. The van der Waals surface area contributed by atoms with E-state index in [1.54, 1.807) is 0 Å². The SMILES string of the molecule is CNCc1cc(Cl)ccc1N1CCS(=O)(=O)CC1. The Kier molecular flexibility index (Phi) is 4.14. The number of nitrogens with zero attached hydrogens (tertiary/aromatic N) is 1.